The molecular formula is C16H15BrN2O3. The number of methoxy groups -OCH3 is 1. The van der Waals surface area contributed by atoms with E-state index in [-0.39, 0.29) is 12.5 Å². The molecule has 0 aliphatic carbocycles. The Morgan fingerprint density at radius 3 is 2.73 bits per heavy atom. The molecule has 22 heavy (non-hydrogen) atoms. The molecule has 0 unspecified atom stereocenters. The Hall–Kier alpha value is -2.34. The summed E-state index contributed by atoms with van der Waals surface area (Å²) in [6.07, 6.45) is 1.53. The third-order valence-corrected chi connectivity index (χ3v) is 3.43. The number of hydrogen-bond donors (Lipinski definition) is 1. The van der Waals surface area contributed by atoms with Crippen LogP contribution in [0.25, 0.3) is 0 Å². The van der Waals surface area contributed by atoms with Gasteiger partial charge in [-0.05, 0) is 30.3 Å². The fraction of sp³-hybridized carbons (Fsp3) is 0.125. The number of para-hydroxylation sites is 1. The maximum atomic E-state index is 11.6. The quantitative estimate of drug-likeness (QED) is 0.634. The van der Waals surface area contributed by atoms with Crippen LogP contribution in [0.5, 0.6) is 11.5 Å². The van der Waals surface area contributed by atoms with Crippen LogP contribution < -0.4 is 14.9 Å². The van der Waals surface area contributed by atoms with E-state index < -0.39 is 0 Å². The predicted octanol–water partition coefficient (Wildman–Crippen LogP) is 2.99. The summed E-state index contributed by atoms with van der Waals surface area (Å²) >= 11 is 3.40. The van der Waals surface area contributed by atoms with Gasteiger partial charge in [-0.25, -0.2) is 5.43 Å². The second-order valence-corrected chi connectivity index (χ2v) is 5.14. The Morgan fingerprint density at radius 1 is 1.23 bits per heavy atom. The maximum Gasteiger partial charge on any atom is 0.277 e. The summed E-state index contributed by atoms with van der Waals surface area (Å²) in [5.74, 6) is 1.01. The van der Waals surface area contributed by atoms with E-state index in [9.17, 15) is 4.79 Å². The number of nitrogens with one attached hydrogen (secondary N) is 1. The highest BCUT2D eigenvalue weighted by Crippen LogP contribution is 2.20. The van der Waals surface area contributed by atoms with Crippen LogP contribution in [0.3, 0.4) is 0 Å². The summed E-state index contributed by atoms with van der Waals surface area (Å²) in [7, 11) is 1.59. The Kier molecular flexibility index (Phi) is 5.97. The van der Waals surface area contributed by atoms with E-state index in [1.165, 1.54) is 6.21 Å². The second kappa shape index (κ2) is 8.19. The minimum absolute atomic E-state index is 0.0966. The molecule has 0 aromatic heterocycles. The number of nitrogens with zero attached hydrogens (tertiary/aromatic N) is 1. The SMILES string of the molecule is COc1ccc(Br)c(/C=N/NC(=O)COc2ccccc2)c1. The number of carbonyl (C=O) groups is 1. The summed E-state index contributed by atoms with van der Waals surface area (Å²) in [6, 6.07) is 14.6. The maximum absolute atomic E-state index is 11.6. The number of hydrazone groups is 1. The minimum atomic E-state index is -0.334. The first-order valence-corrected chi connectivity index (χ1v) is 7.31. The van der Waals surface area contributed by atoms with E-state index in [1.54, 1.807) is 25.3 Å². The van der Waals surface area contributed by atoms with Crippen LogP contribution >= 0.6 is 15.9 Å². The molecule has 0 aliphatic heterocycles. The summed E-state index contributed by atoms with van der Waals surface area (Å²) in [5.41, 5.74) is 3.20. The van der Waals surface area contributed by atoms with Gasteiger partial charge in [-0.15, -0.1) is 0 Å². The Balaban J connectivity index is 1.85. The molecule has 0 bridgehead atoms. The number of hydrogen-bond acceptors (Lipinski definition) is 4. The lowest BCUT2D eigenvalue weighted by Crippen LogP contribution is -2.24. The van der Waals surface area contributed by atoms with Crippen LogP contribution in [0.15, 0.2) is 58.1 Å². The van der Waals surface area contributed by atoms with Crippen molar-refractivity contribution in [1.82, 2.24) is 5.43 Å². The number of rotatable bonds is 6. The van der Waals surface area contributed by atoms with Crippen molar-refractivity contribution in [2.75, 3.05) is 13.7 Å². The molecule has 2 aromatic rings. The van der Waals surface area contributed by atoms with Crippen LogP contribution in [0.2, 0.25) is 0 Å². The highest BCUT2D eigenvalue weighted by atomic mass is 79.9. The third kappa shape index (κ3) is 4.89. The van der Waals surface area contributed by atoms with Crippen LogP contribution in [-0.4, -0.2) is 25.8 Å². The predicted molar refractivity (Wildman–Crippen MR) is 88.4 cm³/mol. The number of benzene rings is 2. The van der Waals surface area contributed by atoms with Crippen LogP contribution in [0.1, 0.15) is 5.56 Å². The van der Waals surface area contributed by atoms with Gasteiger partial charge >= 0.3 is 0 Å². The molecule has 5 nitrogen and oxygen atoms in total. The Morgan fingerprint density at radius 2 is 2.00 bits per heavy atom. The zero-order valence-corrected chi connectivity index (χ0v) is 13.5. The van der Waals surface area contributed by atoms with Crippen molar-refractivity contribution in [3.8, 4) is 11.5 Å². The van der Waals surface area contributed by atoms with Crippen molar-refractivity contribution in [3.63, 3.8) is 0 Å². The molecule has 0 fully saturated rings. The molecule has 6 heteroatoms. The lowest BCUT2D eigenvalue weighted by atomic mass is 10.2. The molecule has 1 N–H and O–H groups in total. The number of amides is 1. The monoisotopic (exact) mass is 362 g/mol. The Bertz CT molecular complexity index is 660. The van der Waals surface area contributed by atoms with Gasteiger partial charge in [0.1, 0.15) is 11.5 Å². The summed E-state index contributed by atoms with van der Waals surface area (Å²) < 4.78 is 11.3. The van der Waals surface area contributed by atoms with E-state index in [2.05, 4.69) is 26.5 Å². The van der Waals surface area contributed by atoms with Crippen molar-refractivity contribution >= 4 is 28.1 Å². The van der Waals surface area contributed by atoms with Gasteiger partial charge in [0.05, 0.1) is 13.3 Å². The lowest BCUT2D eigenvalue weighted by molar-refractivity contribution is -0.123. The van der Waals surface area contributed by atoms with Gasteiger partial charge in [0, 0.05) is 10.0 Å². The van der Waals surface area contributed by atoms with Gasteiger partial charge in [-0.2, -0.15) is 5.10 Å². The van der Waals surface area contributed by atoms with E-state index in [1.807, 2.05) is 30.3 Å². The van der Waals surface area contributed by atoms with E-state index in [0.29, 0.717) is 11.5 Å². The largest absolute Gasteiger partial charge is 0.497 e. The summed E-state index contributed by atoms with van der Waals surface area (Å²) in [5, 5.41) is 3.90. The van der Waals surface area contributed by atoms with Gasteiger partial charge in [-0.1, -0.05) is 34.1 Å². The fourth-order valence-electron chi connectivity index (χ4n) is 1.62. The van der Waals surface area contributed by atoms with Gasteiger partial charge in [0.2, 0.25) is 0 Å². The van der Waals surface area contributed by atoms with Crippen molar-refractivity contribution < 1.29 is 14.3 Å². The molecule has 0 saturated carbocycles. The molecule has 0 radical (unpaired) electrons. The molecule has 0 saturated heterocycles. The van der Waals surface area contributed by atoms with Crippen LogP contribution in [0.4, 0.5) is 0 Å². The topological polar surface area (TPSA) is 59.9 Å². The molecule has 0 heterocycles. The van der Waals surface area contributed by atoms with E-state index in [0.717, 1.165) is 10.0 Å². The average Bonchev–Trinajstić information content (AvgIpc) is 2.55. The first-order chi connectivity index (χ1) is 10.7. The highest BCUT2D eigenvalue weighted by Gasteiger charge is 2.02. The van der Waals surface area contributed by atoms with E-state index in [4.69, 9.17) is 9.47 Å². The number of halogens is 1. The standard InChI is InChI=1S/C16H15BrN2O3/c1-21-14-7-8-15(17)12(9-14)10-18-19-16(20)11-22-13-5-3-2-4-6-13/h2-10H,11H2,1H3,(H,19,20)/b18-10+. The molecular weight excluding hydrogens is 348 g/mol. The summed E-state index contributed by atoms with van der Waals surface area (Å²) in [4.78, 5) is 11.6. The molecule has 0 aliphatic rings. The van der Waals surface area contributed by atoms with Gasteiger partial charge in [0.25, 0.3) is 5.91 Å². The molecule has 2 rings (SSSR count). The second-order valence-electron chi connectivity index (χ2n) is 4.28. The van der Waals surface area contributed by atoms with Crippen LogP contribution in [0, 0.1) is 0 Å². The number of ether oxygens (including phenoxy) is 2. The highest BCUT2D eigenvalue weighted by molar-refractivity contribution is 9.10. The molecule has 1 amide bonds. The van der Waals surface area contributed by atoms with E-state index >= 15 is 0 Å². The molecule has 0 atom stereocenters. The van der Waals surface area contributed by atoms with Crippen molar-refractivity contribution in [2.45, 2.75) is 0 Å². The first kappa shape index (κ1) is 16.0. The zero-order valence-electron chi connectivity index (χ0n) is 12.0. The van der Waals surface area contributed by atoms with Gasteiger partial charge < -0.3 is 9.47 Å². The molecule has 0 spiro atoms. The average molecular weight is 363 g/mol. The summed E-state index contributed by atoms with van der Waals surface area (Å²) in [6.45, 7) is -0.0966. The van der Waals surface area contributed by atoms with Crippen LogP contribution in [-0.2, 0) is 4.79 Å². The van der Waals surface area contributed by atoms with Crippen molar-refractivity contribution in [3.05, 3.63) is 58.6 Å². The fourth-order valence-corrected chi connectivity index (χ4v) is 1.97. The smallest absolute Gasteiger partial charge is 0.277 e. The van der Waals surface area contributed by atoms with Gasteiger partial charge in [-0.3, -0.25) is 4.79 Å². The minimum Gasteiger partial charge on any atom is -0.497 e. The Labute approximate surface area is 137 Å². The lowest BCUT2D eigenvalue weighted by Gasteiger charge is -2.05. The number of carbonyl (C=O) groups excluding carboxylic acids is 1. The zero-order chi connectivity index (χ0) is 15.8. The van der Waals surface area contributed by atoms with Gasteiger partial charge in [0.15, 0.2) is 6.61 Å². The van der Waals surface area contributed by atoms with Crippen molar-refractivity contribution in [1.29, 1.82) is 0 Å². The normalized spacial score (nSPS) is 10.5. The van der Waals surface area contributed by atoms with Crippen molar-refractivity contribution in [2.24, 2.45) is 5.10 Å². The first-order valence-electron chi connectivity index (χ1n) is 6.52. The molecule has 2 aromatic carbocycles. The molecule has 114 valence electrons. The third-order valence-electron chi connectivity index (χ3n) is 2.71.